The molecule has 1 aromatic carbocycles. The summed E-state index contributed by atoms with van der Waals surface area (Å²) in [5, 5.41) is 5.50. The van der Waals surface area contributed by atoms with Gasteiger partial charge in [0.05, 0.1) is 6.04 Å². The van der Waals surface area contributed by atoms with Crippen molar-refractivity contribution < 1.29 is 9.59 Å². The molecule has 6 heteroatoms. The number of nitrogens with two attached hydrogens (primary N) is 1. The molecule has 1 saturated heterocycles. The number of urea groups is 1. The second-order valence-corrected chi connectivity index (χ2v) is 4.57. The van der Waals surface area contributed by atoms with Gasteiger partial charge in [-0.3, -0.25) is 9.69 Å². The number of benzene rings is 1. The Morgan fingerprint density at radius 3 is 3.00 bits per heavy atom. The summed E-state index contributed by atoms with van der Waals surface area (Å²) >= 11 is 0. The molecule has 6 nitrogen and oxygen atoms in total. The molecule has 0 bridgehead atoms. The van der Waals surface area contributed by atoms with E-state index < -0.39 is 6.04 Å². The first-order chi connectivity index (χ1) is 9.08. The first-order valence-electron chi connectivity index (χ1n) is 6.30. The summed E-state index contributed by atoms with van der Waals surface area (Å²) in [6, 6.07) is 6.50. The van der Waals surface area contributed by atoms with E-state index in [1.165, 1.54) is 0 Å². The molecule has 3 amide bonds. The highest BCUT2D eigenvalue weighted by atomic mass is 16.2. The fourth-order valence-electron chi connectivity index (χ4n) is 1.88. The highest BCUT2D eigenvalue weighted by Gasteiger charge is 2.19. The van der Waals surface area contributed by atoms with E-state index in [-0.39, 0.29) is 11.9 Å². The van der Waals surface area contributed by atoms with Crippen LogP contribution < -0.4 is 21.3 Å². The molecule has 0 saturated carbocycles. The van der Waals surface area contributed by atoms with Crippen LogP contribution >= 0.6 is 0 Å². The predicted molar refractivity (Wildman–Crippen MR) is 74.1 cm³/mol. The molecule has 19 heavy (non-hydrogen) atoms. The summed E-state index contributed by atoms with van der Waals surface area (Å²) in [7, 11) is 0. The molecule has 0 aliphatic carbocycles. The van der Waals surface area contributed by atoms with Gasteiger partial charge < -0.3 is 16.4 Å². The average Bonchev–Trinajstić information content (AvgIpc) is 2.39. The number of anilines is 2. The van der Waals surface area contributed by atoms with Gasteiger partial charge in [-0.1, -0.05) is 6.07 Å². The lowest BCUT2D eigenvalue weighted by Crippen LogP contribution is -2.46. The quantitative estimate of drug-likeness (QED) is 0.756. The average molecular weight is 262 g/mol. The predicted octanol–water partition coefficient (Wildman–Crippen LogP) is 0.892. The van der Waals surface area contributed by atoms with Crippen molar-refractivity contribution in [1.29, 1.82) is 0 Å². The van der Waals surface area contributed by atoms with E-state index in [4.69, 9.17) is 5.73 Å². The highest BCUT2D eigenvalue weighted by molar-refractivity contribution is 5.96. The van der Waals surface area contributed by atoms with E-state index in [2.05, 4.69) is 10.6 Å². The van der Waals surface area contributed by atoms with Gasteiger partial charge >= 0.3 is 6.03 Å². The number of amides is 3. The first-order valence-corrected chi connectivity index (χ1v) is 6.30. The van der Waals surface area contributed by atoms with Crippen LogP contribution in [0.1, 0.15) is 13.3 Å². The zero-order valence-electron chi connectivity index (χ0n) is 10.8. The zero-order valence-corrected chi connectivity index (χ0v) is 10.8. The smallest absolute Gasteiger partial charge is 0.321 e. The third kappa shape index (κ3) is 3.23. The van der Waals surface area contributed by atoms with Gasteiger partial charge in [0.25, 0.3) is 0 Å². The van der Waals surface area contributed by atoms with Crippen LogP contribution in [0.3, 0.4) is 0 Å². The Morgan fingerprint density at radius 1 is 1.53 bits per heavy atom. The Kier molecular flexibility index (Phi) is 4.01. The molecule has 1 fully saturated rings. The normalized spacial score (nSPS) is 16.7. The van der Waals surface area contributed by atoms with Crippen LogP contribution in [0.5, 0.6) is 0 Å². The van der Waals surface area contributed by atoms with Gasteiger partial charge in [0, 0.05) is 24.5 Å². The third-order valence-corrected chi connectivity index (χ3v) is 2.92. The molecule has 1 aromatic rings. The minimum atomic E-state index is -0.568. The van der Waals surface area contributed by atoms with Gasteiger partial charge in [-0.05, 0) is 31.5 Å². The molecule has 0 spiro atoms. The van der Waals surface area contributed by atoms with Crippen molar-refractivity contribution in [2.75, 3.05) is 23.3 Å². The number of carbonyl (C=O) groups excluding carboxylic acids is 2. The maximum atomic E-state index is 11.7. The van der Waals surface area contributed by atoms with E-state index in [1.807, 2.05) is 6.07 Å². The third-order valence-electron chi connectivity index (χ3n) is 2.92. The first kappa shape index (κ1) is 13.4. The van der Waals surface area contributed by atoms with Crippen LogP contribution in [-0.2, 0) is 4.79 Å². The largest absolute Gasteiger partial charge is 0.338 e. The van der Waals surface area contributed by atoms with Gasteiger partial charge in [0.2, 0.25) is 5.91 Å². The molecule has 102 valence electrons. The number of hydrogen-bond acceptors (Lipinski definition) is 3. The SMILES string of the molecule is C[C@H](N)C(=O)Nc1cccc(N2CCCNC2=O)c1. The minimum absolute atomic E-state index is 0.109. The van der Waals surface area contributed by atoms with Crippen molar-refractivity contribution in [3.8, 4) is 0 Å². The van der Waals surface area contributed by atoms with Gasteiger partial charge in [0.1, 0.15) is 0 Å². The summed E-state index contributed by atoms with van der Waals surface area (Å²) < 4.78 is 0. The van der Waals surface area contributed by atoms with E-state index in [1.54, 1.807) is 30.0 Å². The maximum absolute atomic E-state index is 11.7. The van der Waals surface area contributed by atoms with Crippen LogP contribution in [0.15, 0.2) is 24.3 Å². The topological polar surface area (TPSA) is 87.5 Å². The molecule has 0 aromatic heterocycles. The fraction of sp³-hybridized carbons (Fsp3) is 0.385. The summed E-state index contributed by atoms with van der Waals surface area (Å²) in [5.41, 5.74) is 6.90. The lowest BCUT2D eigenvalue weighted by atomic mass is 10.2. The standard InChI is InChI=1S/C13H18N4O2/c1-9(14)12(18)16-10-4-2-5-11(8-10)17-7-3-6-15-13(17)19/h2,4-5,8-9H,3,6-7,14H2,1H3,(H,15,19)(H,16,18)/t9-/m0/s1. The summed E-state index contributed by atoms with van der Waals surface area (Å²) in [4.78, 5) is 24.9. The van der Waals surface area contributed by atoms with Crippen LogP contribution in [0.4, 0.5) is 16.2 Å². The zero-order chi connectivity index (χ0) is 13.8. The van der Waals surface area contributed by atoms with Crippen molar-refractivity contribution in [3.63, 3.8) is 0 Å². The molecule has 0 unspecified atom stereocenters. The Balaban J connectivity index is 2.14. The highest BCUT2D eigenvalue weighted by Crippen LogP contribution is 2.21. The lowest BCUT2D eigenvalue weighted by Gasteiger charge is -2.27. The second-order valence-electron chi connectivity index (χ2n) is 4.57. The van der Waals surface area contributed by atoms with E-state index in [9.17, 15) is 9.59 Å². The summed E-state index contributed by atoms with van der Waals surface area (Å²) in [5.74, 6) is -0.250. The molecular weight excluding hydrogens is 244 g/mol. The van der Waals surface area contributed by atoms with Gasteiger partial charge in [0.15, 0.2) is 0 Å². The number of nitrogens with zero attached hydrogens (tertiary/aromatic N) is 1. The molecule has 2 rings (SSSR count). The van der Waals surface area contributed by atoms with Crippen LogP contribution in [0.25, 0.3) is 0 Å². The number of hydrogen-bond donors (Lipinski definition) is 3. The Labute approximate surface area is 112 Å². The summed E-state index contributed by atoms with van der Waals surface area (Å²) in [6.45, 7) is 3.00. The molecule has 1 atom stereocenters. The van der Waals surface area contributed by atoms with Crippen LogP contribution in [0, 0.1) is 0 Å². The van der Waals surface area contributed by atoms with Gasteiger partial charge in [-0.25, -0.2) is 4.79 Å². The van der Waals surface area contributed by atoms with Gasteiger partial charge in [-0.15, -0.1) is 0 Å². The van der Waals surface area contributed by atoms with Gasteiger partial charge in [-0.2, -0.15) is 0 Å². The van der Waals surface area contributed by atoms with Crippen molar-refractivity contribution in [1.82, 2.24) is 5.32 Å². The Morgan fingerprint density at radius 2 is 2.32 bits per heavy atom. The van der Waals surface area contributed by atoms with Crippen LogP contribution in [-0.4, -0.2) is 31.1 Å². The minimum Gasteiger partial charge on any atom is -0.338 e. The molecule has 1 aliphatic rings. The Bertz CT molecular complexity index is 487. The lowest BCUT2D eigenvalue weighted by molar-refractivity contribution is -0.117. The van der Waals surface area contributed by atoms with E-state index in [0.29, 0.717) is 18.8 Å². The van der Waals surface area contributed by atoms with Crippen LogP contribution in [0.2, 0.25) is 0 Å². The van der Waals surface area contributed by atoms with Crippen molar-refractivity contribution in [2.45, 2.75) is 19.4 Å². The molecule has 4 N–H and O–H groups in total. The van der Waals surface area contributed by atoms with Crippen molar-refractivity contribution >= 4 is 23.3 Å². The number of carbonyl (C=O) groups is 2. The number of rotatable bonds is 3. The number of nitrogens with one attached hydrogen (secondary N) is 2. The molecule has 1 aliphatic heterocycles. The molecular formula is C13H18N4O2. The van der Waals surface area contributed by atoms with Crippen molar-refractivity contribution in [3.05, 3.63) is 24.3 Å². The Hall–Kier alpha value is -2.08. The van der Waals surface area contributed by atoms with E-state index >= 15 is 0 Å². The second kappa shape index (κ2) is 5.71. The van der Waals surface area contributed by atoms with E-state index in [0.717, 1.165) is 12.1 Å². The molecule has 1 heterocycles. The van der Waals surface area contributed by atoms with Crippen molar-refractivity contribution in [2.24, 2.45) is 5.73 Å². The molecule has 0 radical (unpaired) electrons. The summed E-state index contributed by atoms with van der Waals surface area (Å²) in [6.07, 6.45) is 0.905. The monoisotopic (exact) mass is 262 g/mol. The maximum Gasteiger partial charge on any atom is 0.321 e. The fourth-order valence-corrected chi connectivity index (χ4v) is 1.88.